The first-order valence-corrected chi connectivity index (χ1v) is 13.0. The van der Waals surface area contributed by atoms with E-state index in [1.807, 2.05) is 65.6 Å². The number of anilines is 1. The van der Waals surface area contributed by atoms with E-state index < -0.39 is 0 Å². The molecule has 0 aliphatic heterocycles. The highest BCUT2D eigenvalue weighted by Gasteiger charge is 2.26. The Labute approximate surface area is 211 Å². The topological polar surface area (TPSA) is 58.6 Å². The Balaban J connectivity index is 1.54. The Morgan fingerprint density at radius 3 is 2.31 bits per heavy atom. The maximum Gasteiger partial charge on any atom is 0.322 e. The minimum atomic E-state index is -0.337. The van der Waals surface area contributed by atoms with Gasteiger partial charge in [-0.1, -0.05) is 67.4 Å². The second-order valence-corrected chi connectivity index (χ2v) is 10.1. The summed E-state index contributed by atoms with van der Waals surface area (Å²) in [5.74, 6) is 0.192. The van der Waals surface area contributed by atoms with Crippen molar-refractivity contribution >= 4 is 29.4 Å². The molecule has 0 spiro atoms. The molecule has 0 bridgehead atoms. The van der Waals surface area contributed by atoms with E-state index in [9.17, 15) is 9.59 Å². The summed E-state index contributed by atoms with van der Waals surface area (Å²) < 4.78 is 5.20. The van der Waals surface area contributed by atoms with Crippen molar-refractivity contribution < 1.29 is 14.3 Å². The molecule has 0 radical (unpaired) electrons. The first-order chi connectivity index (χ1) is 17.0. The fourth-order valence-electron chi connectivity index (χ4n) is 4.47. The van der Waals surface area contributed by atoms with E-state index in [-0.39, 0.29) is 24.1 Å². The Hall–Kier alpha value is -3.25. The van der Waals surface area contributed by atoms with Gasteiger partial charge < -0.3 is 10.1 Å². The maximum absolute atomic E-state index is 13.5. The lowest BCUT2D eigenvalue weighted by molar-refractivity contribution is -0.131. The second kappa shape index (κ2) is 11.9. The quantitative estimate of drug-likeness (QED) is 0.279. The van der Waals surface area contributed by atoms with E-state index in [0.29, 0.717) is 5.75 Å². The molecule has 1 saturated carbocycles. The number of ether oxygens (including phenoxy) is 1. The van der Waals surface area contributed by atoms with Gasteiger partial charge in [-0.15, -0.1) is 0 Å². The van der Waals surface area contributed by atoms with Gasteiger partial charge in [-0.3, -0.25) is 9.69 Å². The van der Waals surface area contributed by atoms with Gasteiger partial charge in [-0.2, -0.15) is 0 Å². The van der Waals surface area contributed by atoms with Gasteiger partial charge in [0.2, 0.25) is 0 Å². The fourth-order valence-corrected chi connectivity index (χ4v) is 5.33. The Kier molecular flexibility index (Phi) is 8.48. The first kappa shape index (κ1) is 24.9. The molecule has 1 aliphatic carbocycles. The summed E-state index contributed by atoms with van der Waals surface area (Å²) in [7, 11) is 0. The van der Waals surface area contributed by atoms with Gasteiger partial charge in [0.15, 0.2) is 0 Å². The number of carbonyl (C=O) groups excluding carboxylic acids is 2. The van der Waals surface area contributed by atoms with Crippen LogP contribution >= 0.6 is 11.8 Å². The lowest BCUT2D eigenvalue weighted by Crippen LogP contribution is -2.46. The number of esters is 1. The predicted molar refractivity (Wildman–Crippen MR) is 141 cm³/mol. The van der Waals surface area contributed by atoms with E-state index in [1.54, 1.807) is 17.8 Å². The molecule has 1 atom stereocenters. The molecule has 35 heavy (non-hydrogen) atoms. The third kappa shape index (κ3) is 6.89. The van der Waals surface area contributed by atoms with Crippen molar-refractivity contribution in [2.45, 2.75) is 67.8 Å². The van der Waals surface area contributed by atoms with Gasteiger partial charge in [0.1, 0.15) is 5.75 Å². The van der Waals surface area contributed by atoms with Crippen LogP contribution in [0.4, 0.5) is 10.5 Å². The van der Waals surface area contributed by atoms with Crippen LogP contribution in [-0.4, -0.2) is 18.0 Å². The third-order valence-electron chi connectivity index (χ3n) is 6.24. The highest BCUT2D eigenvalue weighted by molar-refractivity contribution is 7.99. The zero-order valence-corrected chi connectivity index (χ0v) is 21.1. The van der Waals surface area contributed by atoms with Crippen LogP contribution in [0.3, 0.4) is 0 Å². The average molecular weight is 489 g/mol. The first-order valence-electron chi connectivity index (χ1n) is 12.2. The third-order valence-corrected chi connectivity index (χ3v) is 7.24. The monoisotopic (exact) mass is 488 g/mol. The number of hydrogen-bond acceptors (Lipinski definition) is 4. The van der Waals surface area contributed by atoms with Crippen molar-refractivity contribution in [3.8, 4) is 5.75 Å². The average Bonchev–Trinajstić information content (AvgIpc) is 2.86. The SMILES string of the molecule is CC(=O)Oc1cccc(Sc2ccc(N(C(=O)NC3CCCCC3)C(C)c3ccccc3)cc2)c1. The second-order valence-electron chi connectivity index (χ2n) is 8.91. The van der Waals surface area contributed by atoms with Crippen molar-refractivity contribution in [2.75, 3.05) is 4.90 Å². The molecule has 0 aromatic heterocycles. The number of carbonyl (C=O) groups is 2. The summed E-state index contributed by atoms with van der Waals surface area (Å²) in [6, 6.07) is 25.7. The smallest absolute Gasteiger partial charge is 0.322 e. The van der Waals surface area contributed by atoms with Crippen LogP contribution in [0.25, 0.3) is 0 Å². The normalized spacial score (nSPS) is 14.7. The van der Waals surface area contributed by atoms with Crippen molar-refractivity contribution in [1.82, 2.24) is 5.32 Å². The summed E-state index contributed by atoms with van der Waals surface area (Å²) in [5.41, 5.74) is 1.94. The van der Waals surface area contributed by atoms with Crippen LogP contribution in [0, 0.1) is 0 Å². The van der Waals surface area contributed by atoms with Gasteiger partial charge in [0.05, 0.1) is 6.04 Å². The molecule has 3 aromatic carbocycles. The van der Waals surface area contributed by atoms with Crippen molar-refractivity contribution in [1.29, 1.82) is 0 Å². The summed E-state index contributed by atoms with van der Waals surface area (Å²) in [4.78, 5) is 28.6. The molecule has 1 unspecified atom stereocenters. The summed E-state index contributed by atoms with van der Waals surface area (Å²) >= 11 is 1.58. The molecule has 1 aliphatic rings. The van der Waals surface area contributed by atoms with Crippen LogP contribution in [0.15, 0.2) is 88.7 Å². The molecular formula is C29H32N2O3S. The molecule has 0 saturated heterocycles. The van der Waals surface area contributed by atoms with Crippen molar-refractivity contribution in [2.24, 2.45) is 0 Å². The van der Waals surface area contributed by atoms with Crippen molar-refractivity contribution in [3.63, 3.8) is 0 Å². The van der Waals surface area contributed by atoms with Gasteiger partial charge in [-0.05, 0) is 67.8 Å². The molecule has 4 rings (SSSR count). The number of amides is 2. The largest absolute Gasteiger partial charge is 0.427 e. The minimum Gasteiger partial charge on any atom is -0.427 e. The molecule has 2 amide bonds. The summed E-state index contributed by atoms with van der Waals surface area (Å²) in [6.07, 6.45) is 5.68. The zero-order chi connectivity index (χ0) is 24.6. The number of nitrogens with zero attached hydrogens (tertiary/aromatic N) is 1. The molecule has 6 heteroatoms. The number of benzene rings is 3. The van der Waals surface area contributed by atoms with Crippen LogP contribution in [-0.2, 0) is 4.79 Å². The lowest BCUT2D eigenvalue weighted by Gasteiger charge is -2.33. The Morgan fingerprint density at radius 2 is 1.63 bits per heavy atom. The highest BCUT2D eigenvalue weighted by atomic mass is 32.2. The highest BCUT2D eigenvalue weighted by Crippen LogP contribution is 2.33. The van der Waals surface area contributed by atoms with E-state index >= 15 is 0 Å². The summed E-state index contributed by atoms with van der Waals surface area (Å²) in [5, 5.41) is 3.28. The number of rotatable bonds is 7. The van der Waals surface area contributed by atoms with Crippen LogP contribution < -0.4 is 15.0 Å². The van der Waals surface area contributed by atoms with Gasteiger partial charge in [0, 0.05) is 28.4 Å². The molecular weight excluding hydrogens is 456 g/mol. The van der Waals surface area contributed by atoms with E-state index in [2.05, 4.69) is 24.4 Å². The molecule has 5 nitrogen and oxygen atoms in total. The number of nitrogens with one attached hydrogen (secondary N) is 1. The zero-order valence-electron chi connectivity index (χ0n) is 20.3. The van der Waals surface area contributed by atoms with Crippen LogP contribution in [0.5, 0.6) is 5.75 Å². The van der Waals surface area contributed by atoms with E-state index in [1.165, 1.54) is 26.2 Å². The minimum absolute atomic E-state index is 0.0530. The van der Waals surface area contributed by atoms with Crippen LogP contribution in [0.1, 0.15) is 57.6 Å². The van der Waals surface area contributed by atoms with Gasteiger partial charge in [0.25, 0.3) is 0 Å². The van der Waals surface area contributed by atoms with E-state index in [4.69, 9.17) is 4.74 Å². The summed E-state index contributed by atoms with van der Waals surface area (Å²) in [6.45, 7) is 3.46. The Bertz CT molecular complexity index is 1130. The molecule has 3 aromatic rings. The standard InChI is InChI=1S/C29H32N2O3S/c1-21(23-10-5-3-6-11-23)31(29(33)30-24-12-7-4-8-13-24)25-16-18-27(19-17-25)35-28-15-9-14-26(20-28)34-22(2)32/h3,5-6,9-11,14-21,24H,4,7-8,12-13H2,1-2H3,(H,30,33). The van der Waals surface area contributed by atoms with E-state index in [0.717, 1.165) is 33.9 Å². The predicted octanol–water partition coefficient (Wildman–Crippen LogP) is 7.37. The Morgan fingerprint density at radius 1 is 0.914 bits per heavy atom. The van der Waals surface area contributed by atoms with Crippen molar-refractivity contribution in [3.05, 3.63) is 84.4 Å². The van der Waals surface area contributed by atoms with Gasteiger partial charge in [-0.25, -0.2) is 4.79 Å². The number of urea groups is 1. The van der Waals surface area contributed by atoms with Gasteiger partial charge >= 0.3 is 12.0 Å². The molecule has 0 heterocycles. The number of hydrogen-bond donors (Lipinski definition) is 1. The maximum atomic E-state index is 13.5. The lowest BCUT2D eigenvalue weighted by atomic mass is 9.95. The molecule has 182 valence electrons. The molecule has 1 N–H and O–H groups in total. The fraction of sp³-hybridized carbons (Fsp3) is 0.310. The van der Waals surface area contributed by atoms with Crippen LogP contribution in [0.2, 0.25) is 0 Å². The molecule has 1 fully saturated rings.